The van der Waals surface area contributed by atoms with Gasteiger partial charge in [-0.1, -0.05) is 42.5 Å². The molecule has 0 aliphatic heterocycles. The number of carbonyl (C=O) groups is 3. The average Bonchev–Trinajstić information content (AvgIpc) is 3.20. The fraction of sp³-hybridized carbons (Fsp3) is 0.250. The average molecular weight is 386 g/mol. The monoisotopic (exact) mass is 386 g/mol. The Labute approximate surface area is 161 Å². The number of carbonyl (C=O) groups excluding carboxylic acids is 2. The molecule has 2 atom stereocenters. The molecule has 2 amide bonds. The molecule has 0 fully saturated rings. The highest BCUT2D eigenvalue weighted by atomic mass is 32.1. The fourth-order valence-electron chi connectivity index (χ4n) is 2.51. The van der Waals surface area contributed by atoms with Crippen LogP contribution in [0.15, 0.2) is 60.5 Å². The number of aliphatic carboxylic acids is 1. The van der Waals surface area contributed by atoms with E-state index in [1.807, 2.05) is 30.3 Å². The first-order valence-electron chi connectivity index (χ1n) is 8.53. The number of carboxylic acids is 1. The second kappa shape index (κ2) is 10.3. The Balaban J connectivity index is 2.13. The van der Waals surface area contributed by atoms with Crippen molar-refractivity contribution < 1.29 is 19.5 Å². The Hall–Kier alpha value is -2.93. The van der Waals surface area contributed by atoms with Crippen molar-refractivity contribution in [3.05, 3.63) is 70.9 Å². The van der Waals surface area contributed by atoms with E-state index in [1.165, 1.54) is 11.3 Å². The summed E-state index contributed by atoms with van der Waals surface area (Å²) >= 11 is 1.27. The molecular weight excluding hydrogens is 364 g/mol. The van der Waals surface area contributed by atoms with E-state index in [1.54, 1.807) is 23.6 Å². The number of allylic oxidation sites excluding steroid dienone is 1. The molecule has 3 N–H and O–H groups in total. The van der Waals surface area contributed by atoms with E-state index < -0.39 is 24.0 Å². The van der Waals surface area contributed by atoms with Crippen LogP contribution in [0.25, 0.3) is 0 Å². The van der Waals surface area contributed by atoms with Crippen molar-refractivity contribution in [3.63, 3.8) is 0 Å². The molecule has 0 aliphatic carbocycles. The predicted molar refractivity (Wildman–Crippen MR) is 105 cm³/mol. The molecule has 0 spiro atoms. The van der Waals surface area contributed by atoms with Gasteiger partial charge in [-0.2, -0.15) is 0 Å². The number of hydrogen-bond acceptors (Lipinski definition) is 4. The summed E-state index contributed by atoms with van der Waals surface area (Å²) in [5.41, 5.74) is 0.863. The van der Waals surface area contributed by atoms with E-state index in [2.05, 4.69) is 17.2 Å². The van der Waals surface area contributed by atoms with E-state index in [4.69, 9.17) is 0 Å². The molecular formula is C20H22N2O4S. The first-order valence-corrected chi connectivity index (χ1v) is 9.41. The molecule has 6 nitrogen and oxygen atoms in total. The number of rotatable bonds is 10. The molecule has 142 valence electrons. The molecule has 1 aromatic heterocycles. The minimum atomic E-state index is -1.12. The molecule has 0 saturated carbocycles. The second-order valence-electron chi connectivity index (χ2n) is 5.96. The van der Waals surface area contributed by atoms with Crippen molar-refractivity contribution in [3.8, 4) is 0 Å². The molecule has 7 heteroatoms. The number of hydrogen-bond donors (Lipinski definition) is 3. The van der Waals surface area contributed by atoms with Crippen molar-refractivity contribution in [2.75, 3.05) is 0 Å². The zero-order chi connectivity index (χ0) is 19.6. The van der Waals surface area contributed by atoms with Crippen LogP contribution in [-0.4, -0.2) is 35.0 Å². The lowest BCUT2D eigenvalue weighted by Crippen LogP contribution is -2.52. The van der Waals surface area contributed by atoms with Gasteiger partial charge in [0.1, 0.15) is 12.1 Å². The van der Waals surface area contributed by atoms with Crippen molar-refractivity contribution in [2.24, 2.45) is 0 Å². The highest BCUT2D eigenvalue weighted by molar-refractivity contribution is 7.12. The van der Waals surface area contributed by atoms with Gasteiger partial charge in [0.2, 0.25) is 5.91 Å². The van der Waals surface area contributed by atoms with Gasteiger partial charge in [-0.25, -0.2) is 4.79 Å². The van der Waals surface area contributed by atoms with Gasteiger partial charge >= 0.3 is 5.97 Å². The lowest BCUT2D eigenvalue weighted by atomic mass is 10.0. The van der Waals surface area contributed by atoms with Gasteiger partial charge in [0.05, 0.1) is 4.88 Å². The number of amides is 2. The van der Waals surface area contributed by atoms with Crippen LogP contribution < -0.4 is 10.6 Å². The summed E-state index contributed by atoms with van der Waals surface area (Å²) in [7, 11) is 0. The molecule has 2 unspecified atom stereocenters. The van der Waals surface area contributed by atoms with Gasteiger partial charge in [-0.3, -0.25) is 9.59 Å². The SMILES string of the molecule is C=CCCC(NC(=O)C(Cc1ccccc1)NC(=O)c1cccs1)C(=O)O. The van der Waals surface area contributed by atoms with Crippen molar-refractivity contribution in [1.82, 2.24) is 10.6 Å². The molecule has 0 aliphatic rings. The Morgan fingerprint density at radius 1 is 1.07 bits per heavy atom. The molecule has 0 radical (unpaired) electrons. The molecule has 2 aromatic rings. The van der Waals surface area contributed by atoms with Gasteiger partial charge in [-0.15, -0.1) is 17.9 Å². The van der Waals surface area contributed by atoms with Crippen LogP contribution in [0.3, 0.4) is 0 Å². The largest absolute Gasteiger partial charge is 0.480 e. The summed E-state index contributed by atoms with van der Waals surface area (Å²) in [6, 6.07) is 10.8. The summed E-state index contributed by atoms with van der Waals surface area (Å²) in [5, 5.41) is 16.3. The quantitative estimate of drug-likeness (QED) is 0.547. The van der Waals surface area contributed by atoms with Gasteiger partial charge in [0.25, 0.3) is 5.91 Å². The summed E-state index contributed by atoms with van der Waals surface area (Å²) < 4.78 is 0. The van der Waals surface area contributed by atoms with E-state index >= 15 is 0 Å². The van der Waals surface area contributed by atoms with Crippen molar-refractivity contribution >= 4 is 29.1 Å². The number of nitrogens with one attached hydrogen (secondary N) is 2. The third-order valence-corrected chi connectivity index (χ3v) is 4.79. The highest BCUT2D eigenvalue weighted by Crippen LogP contribution is 2.10. The summed E-state index contributed by atoms with van der Waals surface area (Å²) in [6.07, 6.45) is 2.56. The normalized spacial score (nSPS) is 12.6. The molecule has 2 rings (SSSR count). The lowest BCUT2D eigenvalue weighted by molar-refractivity contribution is -0.142. The van der Waals surface area contributed by atoms with Crippen molar-refractivity contribution in [2.45, 2.75) is 31.3 Å². The van der Waals surface area contributed by atoms with Gasteiger partial charge in [0, 0.05) is 6.42 Å². The first kappa shape index (κ1) is 20.4. The van der Waals surface area contributed by atoms with E-state index in [9.17, 15) is 19.5 Å². The van der Waals surface area contributed by atoms with Crippen LogP contribution in [0.4, 0.5) is 0 Å². The summed E-state index contributed by atoms with van der Waals surface area (Å²) in [5.74, 6) is -2.01. The van der Waals surface area contributed by atoms with Gasteiger partial charge < -0.3 is 15.7 Å². The topological polar surface area (TPSA) is 95.5 Å². The van der Waals surface area contributed by atoms with Crippen LogP contribution in [0, 0.1) is 0 Å². The van der Waals surface area contributed by atoms with Crippen LogP contribution in [0.5, 0.6) is 0 Å². The second-order valence-corrected chi connectivity index (χ2v) is 6.91. The molecule has 0 bridgehead atoms. The molecule has 1 aromatic carbocycles. The molecule has 27 heavy (non-hydrogen) atoms. The lowest BCUT2D eigenvalue weighted by Gasteiger charge is -2.21. The fourth-order valence-corrected chi connectivity index (χ4v) is 3.14. The minimum Gasteiger partial charge on any atom is -0.480 e. The molecule has 0 saturated heterocycles. The zero-order valence-corrected chi connectivity index (χ0v) is 15.6. The van der Waals surface area contributed by atoms with Crippen LogP contribution in [0.2, 0.25) is 0 Å². The number of carboxylic acid groups (broad SMARTS) is 1. The number of benzene rings is 1. The highest BCUT2D eigenvalue weighted by Gasteiger charge is 2.27. The maximum atomic E-state index is 12.7. The minimum absolute atomic E-state index is 0.238. The van der Waals surface area contributed by atoms with E-state index in [0.29, 0.717) is 11.3 Å². The Bertz CT molecular complexity index is 775. The Morgan fingerprint density at radius 2 is 1.81 bits per heavy atom. The Kier molecular flexibility index (Phi) is 7.76. The first-order chi connectivity index (χ1) is 13.0. The maximum absolute atomic E-state index is 12.7. The van der Waals surface area contributed by atoms with E-state index in [0.717, 1.165) is 5.56 Å². The predicted octanol–water partition coefficient (Wildman–Crippen LogP) is 2.62. The Morgan fingerprint density at radius 3 is 2.41 bits per heavy atom. The van der Waals surface area contributed by atoms with Crippen LogP contribution >= 0.6 is 11.3 Å². The third kappa shape index (κ3) is 6.38. The van der Waals surface area contributed by atoms with Crippen LogP contribution in [0.1, 0.15) is 28.1 Å². The summed E-state index contributed by atoms with van der Waals surface area (Å²) in [4.78, 5) is 37.0. The zero-order valence-electron chi connectivity index (χ0n) is 14.8. The molecule has 1 heterocycles. The third-order valence-electron chi connectivity index (χ3n) is 3.92. The number of thiophene rings is 1. The van der Waals surface area contributed by atoms with Gasteiger partial charge in [0.15, 0.2) is 0 Å². The smallest absolute Gasteiger partial charge is 0.326 e. The maximum Gasteiger partial charge on any atom is 0.326 e. The van der Waals surface area contributed by atoms with Crippen molar-refractivity contribution in [1.29, 1.82) is 0 Å². The standard InChI is InChI=1S/C20H22N2O4S/c1-2-3-10-15(20(25)26)21-18(23)16(13-14-8-5-4-6-9-14)22-19(24)17-11-7-12-27-17/h2,4-9,11-12,15-16H,1,3,10,13H2,(H,21,23)(H,22,24)(H,25,26). The van der Waals surface area contributed by atoms with Crippen LogP contribution in [-0.2, 0) is 16.0 Å². The van der Waals surface area contributed by atoms with Gasteiger partial charge in [-0.05, 0) is 29.9 Å². The summed E-state index contributed by atoms with van der Waals surface area (Å²) in [6.45, 7) is 3.57. The van der Waals surface area contributed by atoms with E-state index in [-0.39, 0.29) is 18.7 Å².